The number of fused-ring (bicyclic) bond motifs is 2. The van der Waals surface area contributed by atoms with Crippen LogP contribution in [0.15, 0.2) is 53.4 Å². The molecular weight excluding hydrogens is 184 g/mol. The molecule has 0 fully saturated rings. The van der Waals surface area contributed by atoms with Gasteiger partial charge in [0.1, 0.15) is 0 Å². The van der Waals surface area contributed by atoms with Gasteiger partial charge in [-0.2, -0.15) is 0 Å². The highest BCUT2D eigenvalue weighted by atomic mass is 15.1. The molecule has 2 aliphatic rings. The van der Waals surface area contributed by atoms with Gasteiger partial charge in [-0.15, -0.1) is 0 Å². The first kappa shape index (κ1) is 8.24. The fourth-order valence-electron chi connectivity index (χ4n) is 1.76. The fraction of sp³-hybridized carbons (Fsp3) is 0. The molecule has 0 radical (unpaired) electrons. The third-order valence-electron chi connectivity index (χ3n) is 2.52. The summed E-state index contributed by atoms with van der Waals surface area (Å²) in [5.41, 5.74) is 1.14. The number of hydrogen-bond acceptors (Lipinski definition) is 2. The minimum absolute atomic E-state index is 1.14. The monoisotopic (exact) mass is 194 g/mol. The molecule has 2 heterocycles. The predicted octanol–water partition coefficient (Wildman–Crippen LogP) is 0.960. The highest BCUT2D eigenvalue weighted by Gasteiger charge is 2.05. The summed E-state index contributed by atoms with van der Waals surface area (Å²) in [5.74, 6) is 0. The van der Waals surface area contributed by atoms with Crippen molar-refractivity contribution in [2.45, 2.75) is 0 Å². The van der Waals surface area contributed by atoms with E-state index in [1.165, 1.54) is 10.4 Å². The van der Waals surface area contributed by atoms with E-state index >= 15 is 0 Å². The molecule has 0 spiro atoms. The number of benzene rings is 1. The lowest BCUT2D eigenvalue weighted by Gasteiger charge is -2.18. The van der Waals surface area contributed by atoms with Gasteiger partial charge in [0, 0.05) is 30.5 Å². The summed E-state index contributed by atoms with van der Waals surface area (Å²) in [6.45, 7) is 0. The van der Waals surface area contributed by atoms with Crippen LogP contribution in [0.3, 0.4) is 0 Å². The summed E-state index contributed by atoms with van der Waals surface area (Å²) in [5, 5.41) is 2.49. The Balaban J connectivity index is 2.29. The average molecular weight is 194 g/mol. The van der Waals surface area contributed by atoms with Gasteiger partial charge in [-0.1, -0.05) is 24.3 Å². The van der Waals surface area contributed by atoms with Crippen LogP contribution in [-0.4, -0.2) is 11.1 Å². The second-order valence-electron chi connectivity index (χ2n) is 3.50. The van der Waals surface area contributed by atoms with E-state index in [0.29, 0.717) is 0 Å². The maximum atomic E-state index is 4.09. The van der Waals surface area contributed by atoms with Crippen molar-refractivity contribution in [2.75, 3.05) is 0 Å². The van der Waals surface area contributed by atoms with E-state index in [9.17, 15) is 0 Å². The summed E-state index contributed by atoms with van der Waals surface area (Å²) >= 11 is 0. The summed E-state index contributed by atoms with van der Waals surface area (Å²) in [7, 11) is 0. The zero-order valence-corrected chi connectivity index (χ0v) is 8.17. The molecule has 2 aliphatic heterocycles. The molecule has 0 aromatic heterocycles. The smallest absolute Gasteiger partial charge is 0.0471 e. The Morgan fingerprint density at radius 1 is 1.07 bits per heavy atom. The molecule has 3 rings (SSSR count). The van der Waals surface area contributed by atoms with Crippen molar-refractivity contribution in [2.24, 2.45) is 4.99 Å². The second-order valence-corrected chi connectivity index (χ2v) is 3.50. The topological polar surface area (TPSA) is 15.6 Å². The number of aliphatic imine (C=N–C) groups is 1. The number of allylic oxidation sites excluding steroid dienone is 2. The van der Waals surface area contributed by atoms with Crippen LogP contribution in [0.25, 0.3) is 12.3 Å². The maximum Gasteiger partial charge on any atom is 0.0471 e. The van der Waals surface area contributed by atoms with E-state index in [1.807, 2.05) is 18.5 Å². The number of nitrogens with zero attached hydrogens (tertiary/aromatic N) is 2. The molecule has 2 heteroatoms. The van der Waals surface area contributed by atoms with Crippen molar-refractivity contribution >= 4 is 18.5 Å². The quantitative estimate of drug-likeness (QED) is 0.600. The van der Waals surface area contributed by atoms with Gasteiger partial charge in [-0.25, -0.2) is 0 Å². The molecule has 0 N–H and O–H groups in total. The van der Waals surface area contributed by atoms with E-state index in [2.05, 4.69) is 46.4 Å². The molecular formula is C13H10N2. The first-order chi connectivity index (χ1) is 7.43. The van der Waals surface area contributed by atoms with Gasteiger partial charge >= 0.3 is 0 Å². The third-order valence-corrected chi connectivity index (χ3v) is 2.52. The zero-order chi connectivity index (χ0) is 10.1. The number of rotatable bonds is 0. The lowest BCUT2D eigenvalue weighted by Crippen LogP contribution is -2.31. The van der Waals surface area contributed by atoms with Crippen LogP contribution in [-0.2, 0) is 0 Å². The van der Waals surface area contributed by atoms with E-state index in [4.69, 9.17) is 0 Å². The Morgan fingerprint density at radius 2 is 1.93 bits per heavy atom. The second kappa shape index (κ2) is 3.24. The van der Waals surface area contributed by atoms with E-state index in [1.54, 1.807) is 6.20 Å². The highest BCUT2D eigenvalue weighted by Crippen LogP contribution is 2.11. The Bertz CT molecular complexity index is 591. The summed E-state index contributed by atoms with van der Waals surface area (Å²) in [4.78, 5) is 6.17. The molecule has 0 bridgehead atoms. The minimum Gasteiger partial charge on any atom is -0.322 e. The lowest BCUT2D eigenvalue weighted by molar-refractivity contribution is 0.711. The standard InChI is InChI=1S/C13H10N2/c1-2-4-12-10-15-8-7-14-6-5-13(15)9-11(12)3-1/h1-10H. The van der Waals surface area contributed by atoms with Crippen molar-refractivity contribution in [3.8, 4) is 0 Å². The van der Waals surface area contributed by atoms with Crippen LogP contribution in [0.5, 0.6) is 0 Å². The van der Waals surface area contributed by atoms with Gasteiger partial charge in [0.05, 0.1) is 0 Å². The van der Waals surface area contributed by atoms with Crippen molar-refractivity contribution in [3.05, 3.63) is 58.9 Å². The molecule has 0 aliphatic carbocycles. The zero-order valence-electron chi connectivity index (χ0n) is 8.17. The fourth-order valence-corrected chi connectivity index (χ4v) is 1.76. The van der Waals surface area contributed by atoms with Gasteiger partial charge in [0.15, 0.2) is 0 Å². The summed E-state index contributed by atoms with van der Waals surface area (Å²) < 4.78 is 0. The Labute approximate surface area is 87.9 Å². The molecule has 1 aromatic carbocycles. The number of hydrogen-bond donors (Lipinski definition) is 0. The van der Waals surface area contributed by atoms with Crippen molar-refractivity contribution < 1.29 is 0 Å². The van der Waals surface area contributed by atoms with Gasteiger partial charge in [-0.3, -0.25) is 4.99 Å². The van der Waals surface area contributed by atoms with Crippen LogP contribution >= 0.6 is 0 Å². The Kier molecular flexibility index (Phi) is 1.78. The van der Waals surface area contributed by atoms with Crippen molar-refractivity contribution in [1.82, 2.24) is 4.90 Å². The van der Waals surface area contributed by atoms with E-state index < -0.39 is 0 Å². The van der Waals surface area contributed by atoms with Crippen molar-refractivity contribution in [3.63, 3.8) is 0 Å². The van der Waals surface area contributed by atoms with Crippen LogP contribution in [0.1, 0.15) is 0 Å². The third kappa shape index (κ3) is 1.40. The average Bonchev–Trinajstić information content (AvgIpc) is 2.50. The molecule has 0 saturated heterocycles. The van der Waals surface area contributed by atoms with Crippen LogP contribution in [0.4, 0.5) is 0 Å². The van der Waals surface area contributed by atoms with Crippen LogP contribution in [0.2, 0.25) is 0 Å². The van der Waals surface area contributed by atoms with E-state index in [-0.39, 0.29) is 0 Å². The maximum absolute atomic E-state index is 4.09. The molecule has 0 unspecified atom stereocenters. The molecule has 2 nitrogen and oxygen atoms in total. The minimum atomic E-state index is 1.14. The molecule has 1 aromatic rings. The molecule has 0 atom stereocenters. The first-order valence-electron chi connectivity index (χ1n) is 4.91. The molecule has 72 valence electrons. The van der Waals surface area contributed by atoms with Gasteiger partial charge in [-0.05, 0) is 22.6 Å². The normalized spacial score (nSPS) is 16.8. The van der Waals surface area contributed by atoms with Crippen molar-refractivity contribution in [1.29, 1.82) is 0 Å². The molecule has 0 amide bonds. The first-order valence-corrected chi connectivity index (χ1v) is 4.91. The Morgan fingerprint density at radius 3 is 2.87 bits per heavy atom. The lowest BCUT2D eigenvalue weighted by atomic mass is 10.1. The van der Waals surface area contributed by atoms with Gasteiger partial charge in [0.25, 0.3) is 0 Å². The van der Waals surface area contributed by atoms with Crippen LogP contribution in [0, 0.1) is 0 Å². The molecule has 0 saturated carbocycles. The molecule has 15 heavy (non-hydrogen) atoms. The van der Waals surface area contributed by atoms with Gasteiger partial charge in [0.2, 0.25) is 0 Å². The van der Waals surface area contributed by atoms with Crippen LogP contribution < -0.4 is 10.4 Å². The Hall–Kier alpha value is -2.09. The summed E-state index contributed by atoms with van der Waals surface area (Å²) in [6, 6.07) is 8.34. The van der Waals surface area contributed by atoms with E-state index in [0.717, 1.165) is 5.70 Å². The highest BCUT2D eigenvalue weighted by molar-refractivity contribution is 5.77. The van der Waals surface area contributed by atoms with Gasteiger partial charge < -0.3 is 4.90 Å². The predicted molar refractivity (Wildman–Crippen MR) is 62.2 cm³/mol. The summed E-state index contributed by atoms with van der Waals surface area (Å²) in [6.07, 6.45) is 11.9. The largest absolute Gasteiger partial charge is 0.322 e. The SMILES string of the molecule is C1=CN2C=c3ccccc3=CC2=CC=N1.